The lowest BCUT2D eigenvalue weighted by Crippen LogP contribution is -2.23. The molecule has 0 radical (unpaired) electrons. The smallest absolute Gasteiger partial charge is 0.232 e. The third kappa shape index (κ3) is 3.54. The Morgan fingerprint density at radius 1 is 1.53 bits per heavy atom. The molecule has 94 valence electrons. The van der Waals surface area contributed by atoms with Gasteiger partial charge in [0.2, 0.25) is 11.8 Å². The minimum absolute atomic E-state index is 0.550. The average Bonchev–Trinajstić information content (AvgIpc) is 2.39. The Kier molecular flexibility index (Phi) is 4.56. The predicted molar refractivity (Wildman–Crippen MR) is 68.3 cm³/mol. The van der Waals surface area contributed by atoms with Crippen LogP contribution in [-0.2, 0) is 4.74 Å². The summed E-state index contributed by atoms with van der Waals surface area (Å²) >= 11 is 3.32. The highest BCUT2D eigenvalue weighted by molar-refractivity contribution is 9.10. The first-order chi connectivity index (χ1) is 8.29. The molecule has 1 saturated heterocycles. The van der Waals surface area contributed by atoms with Gasteiger partial charge in [-0.15, -0.1) is 0 Å². The molecule has 6 heteroatoms. The molecule has 0 spiro atoms. The Hall–Kier alpha value is -0.880. The van der Waals surface area contributed by atoms with E-state index in [4.69, 9.17) is 9.47 Å². The number of nitrogens with zero attached hydrogens (tertiary/aromatic N) is 2. The van der Waals surface area contributed by atoms with Crippen LogP contribution < -0.4 is 10.1 Å². The molecular weight excluding hydrogens is 286 g/mol. The molecule has 1 aromatic heterocycles. The number of anilines is 1. The molecule has 0 amide bonds. The molecule has 1 aliphatic rings. The maximum atomic E-state index is 5.32. The molecule has 5 nitrogen and oxygen atoms in total. The van der Waals surface area contributed by atoms with Crippen molar-refractivity contribution in [1.82, 2.24) is 9.97 Å². The van der Waals surface area contributed by atoms with Gasteiger partial charge in [-0.1, -0.05) is 0 Å². The zero-order valence-corrected chi connectivity index (χ0v) is 11.4. The van der Waals surface area contributed by atoms with Gasteiger partial charge in [-0.3, -0.25) is 0 Å². The number of nitrogens with one attached hydrogen (secondary N) is 1. The second kappa shape index (κ2) is 6.16. The number of hydrogen-bond donors (Lipinski definition) is 1. The summed E-state index contributed by atoms with van der Waals surface area (Å²) in [6, 6.07) is 0. The van der Waals surface area contributed by atoms with Gasteiger partial charge in [0.05, 0.1) is 17.8 Å². The normalized spacial score (nSPS) is 16.8. The van der Waals surface area contributed by atoms with Gasteiger partial charge in [-0.25, -0.2) is 4.98 Å². The molecule has 0 bridgehead atoms. The fraction of sp³-hybridized carbons (Fsp3) is 0.636. The highest BCUT2D eigenvalue weighted by Gasteiger charge is 2.14. The summed E-state index contributed by atoms with van der Waals surface area (Å²) in [6.07, 6.45) is 3.89. The van der Waals surface area contributed by atoms with Crippen molar-refractivity contribution >= 4 is 21.9 Å². The average molecular weight is 302 g/mol. The molecule has 0 atom stereocenters. The van der Waals surface area contributed by atoms with E-state index in [9.17, 15) is 0 Å². The summed E-state index contributed by atoms with van der Waals surface area (Å²) in [5.74, 6) is 1.80. The Morgan fingerprint density at radius 3 is 3.00 bits per heavy atom. The van der Waals surface area contributed by atoms with Crippen molar-refractivity contribution < 1.29 is 9.47 Å². The molecule has 0 aliphatic carbocycles. The van der Waals surface area contributed by atoms with Gasteiger partial charge in [-0.05, 0) is 34.7 Å². The van der Waals surface area contributed by atoms with Crippen LogP contribution in [0, 0.1) is 5.92 Å². The highest BCUT2D eigenvalue weighted by atomic mass is 79.9. The largest absolute Gasteiger partial charge is 0.480 e. The van der Waals surface area contributed by atoms with E-state index in [0.29, 0.717) is 17.7 Å². The Labute approximate surface area is 109 Å². The molecule has 1 fully saturated rings. The Balaban J connectivity index is 1.89. The summed E-state index contributed by atoms with van der Waals surface area (Å²) < 4.78 is 11.2. The monoisotopic (exact) mass is 301 g/mol. The Morgan fingerprint density at radius 2 is 2.29 bits per heavy atom. The molecule has 1 aliphatic heterocycles. The molecule has 1 aromatic rings. The SMILES string of the molecule is COc1nc(NCC2CCOCC2)ncc1Br. The highest BCUT2D eigenvalue weighted by Crippen LogP contribution is 2.22. The van der Waals surface area contributed by atoms with Crippen LogP contribution in [0.5, 0.6) is 5.88 Å². The van der Waals surface area contributed by atoms with Crippen LogP contribution in [-0.4, -0.2) is 36.8 Å². The van der Waals surface area contributed by atoms with Crippen molar-refractivity contribution in [3.63, 3.8) is 0 Å². The van der Waals surface area contributed by atoms with E-state index >= 15 is 0 Å². The van der Waals surface area contributed by atoms with Gasteiger partial charge in [0.15, 0.2) is 0 Å². The van der Waals surface area contributed by atoms with E-state index < -0.39 is 0 Å². The fourth-order valence-electron chi connectivity index (χ4n) is 1.77. The van der Waals surface area contributed by atoms with E-state index in [0.717, 1.165) is 37.1 Å². The lowest BCUT2D eigenvalue weighted by molar-refractivity contribution is 0.0699. The van der Waals surface area contributed by atoms with Crippen molar-refractivity contribution in [1.29, 1.82) is 0 Å². The van der Waals surface area contributed by atoms with Crippen molar-refractivity contribution in [3.8, 4) is 5.88 Å². The van der Waals surface area contributed by atoms with E-state index in [1.54, 1.807) is 13.3 Å². The summed E-state index contributed by atoms with van der Waals surface area (Å²) in [6.45, 7) is 2.60. The fourth-order valence-corrected chi connectivity index (χ4v) is 2.12. The van der Waals surface area contributed by atoms with Crippen LogP contribution in [0.1, 0.15) is 12.8 Å². The lowest BCUT2D eigenvalue weighted by Gasteiger charge is -2.22. The van der Waals surface area contributed by atoms with E-state index in [-0.39, 0.29) is 0 Å². The molecule has 2 rings (SSSR count). The summed E-state index contributed by atoms with van der Waals surface area (Å²) in [7, 11) is 1.59. The van der Waals surface area contributed by atoms with E-state index in [1.807, 2.05) is 0 Å². The van der Waals surface area contributed by atoms with Crippen LogP contribution in [0.2, 0.25) is 0 Å². The first-order valence-electron chi connectivity index (χ1n) is 5.67. The molecular formula is C11H16BrN3O2. The van der Waals surface area contributed by atoms with Gasteiger partial charge in [0.1, 0.15) is 0 Å². The van der Waals surface area contributed by atoms with Gasteiger partial charge < -0.3 is 14.8 Å². The van der Waals surface area contributed by atoms with Gasteiger partial charge >= 0.3 is 0 Å². The molecule has 0 aromatic carbocycles. The van der Waals surface area contributed by atoms with Crippen LogP contribution >= 0.6 is 15.9 Å². The van der Waals surface area contributed by atoms with Gasteiger partial charge in [-0.2, -0.15) is 4.98 Å². The number of rotatable bonds is 4. The summed E-state index contributed by atoms with van der Waals surface area (Å²) in [4.78, 5) is 8.44. The van der Waals surface area contributed by atoms with Gasteiger partial charge in [0, 0.05) is 19.8 Å². The van der Waals surface area contributed by atoms with Crippen molar-refractivity contribution in [2.75, 3.05) is 32.2 Å². The number of aromatic nitrogens is 2. The maximum Gasteiger partial charge on any atom is 0.232 e. The Bertz CT molecular complexity index is 370. The zero-order chi connectivity index (χ0) is 12.1. The first-order valence-corrected chi connectivity index (χ1v) is 6.47. The van der Waals surface area contributed by atoms with Crippen molar-refractivity contribution in [3.05, 3.63) is 10.7 Å². The topological polar surface area (TPSA) is 56.3 Å². The maximum absolute atomic E-state index is 5.32. The predicted octanol–water partition coefficient (Wildman–Crippen LogP) is 2.09. The lowest BCUT2D eigenvalue weighted by atomic mass is 10.0. The quantitative estimate of drug-likeness (QED) is 0.923. The standard InChI is InChI=1S/C11H16BrN3O2/c1-16-10-9(12)7-14-11(15-10)13-6-8-2-4-17-5-3-8/h7-8H,2-6H2,1H3,(H,13,14,15). The van der Waals surface area contributed by atoms with E-state index in [2.05, 4.69) is 31.2 Å². The van der Waals surface area contributed by atoms with Crippen molar-refractivity contribution in [2.24, 2.45) is 5.92 Å². The number of halogens is 1. The van der Waals surface area contributed by atoms with Crippen molar-refractivity contribution in [2.45, 2.75) is 12.8 Å². The summed E-state index contributed by atoms with van der Waals surface area (Å²) in [5, 5.41) is 3.24. The number of hydrogen-bond acceptors (Lipinski definition) is 5. The zero-order valence-electron chi connectivity index (χ0n) is 9.78. The van der Waals surface area contributed by atoms with Gasteiger partial charge in [0.25, 0.3) is 0 Å². The minimum atomic E-state index is 0.550. The first kappa shape index (κ1) is 12.6. The van der Waals surface area contributed by atoms with Crippen LogP contribution in [0.4, 0.5) is 5.95 Å². The second-order valence-corrected chi connectivity index (χ2v) is 4.84. The van der Waals surface area contributed by atoms with Crippen LogP contribution in [0.15, 0.2) is 10.7 Å². The molecule has 0 unspecified atom stereocenters. The molecule has 2 heterocycles. The van der Waals surface area contributed by atoms with Crippen LogP contribution in [0.3, 0.4) is 0 Å². The third-order valence-electron chi connectivity index (χ3n) is 2.80. The van der Waals surface area contributed by atoms with E-state index in [1.165, 1.54) is 0 Å². The minimum Gasteiger partial charge on any atom is -0.480 e. The molecule has 0 saturated carbocycles. The second-order valence-electron chi connectivity index (χ2n) is 3.99. The summed E-state index contributed by atoms with van der Waals surface area (Å²) in [5.41, 5.74) is 0. The van der Waals surface area contributed by atoms with Crippen LogP contribution in [0.25, 0.3) is 0 Å². The molecule has 1 N–H and O–H groups in total. The number of methoxy groups -OCH3 is 1. The number of ether oxygens (including phenoxy) is 2. The molecule has 17 heavy (non-hydrogen) atoms. The third-order valence-corrected chi connectivity index (χ3v) is 3.34.